The van der Waals surface area contributed by atoms with Crippen LogP contribution < -0.4 is 0 Å². The van der Waals surface area contributed by atoms with E-state index in [0.717, 1.165) is 12.0 Å². The van der Waals surface area contributed by atoms with Crippen LogP contribution in [-0.2, 0) is 38.2 Å². The number of carbonyl (C=O) groups is 5. The van der Waals surface area contributed by atoms with Gasteiger partial charge < -0.3 is 14.2 Å². The molecular weight excluding hydrogens is 464 g/mol. The summed E-state index contributed by atoms with van der Waals surface area (Å²) in [5.41, 5.74) is -1.75. The van der Waals surface area contributed by atoms with Gasteiger partial charge >= 0.3 is 17.9 Å². The lowest BCUT2D eigenvalue weighted by Gasteiger charge is -2.61. The van der Waals surface area contributed by atoms with E-state index < -0.39 is 52.8 Å². The Morgan fingerprint density at radius 3 is 2.36 bits per heavy atom. The summed E-state index contributed by atoms with van der Waals surface area (Å²) in [6.45, 7) is 9.55. The summed E-state index contributed by atoms with van der Waals surface area (Å²) >= 11 is 0. The van der Waals surface area contributed by atoms with Crippen molar-refractivity contribution in [1.29, 1.82) is 0 Å². The van der Waals surface area contributed by atoms with Gasteiger partial charge in [-0.1, -0.05) is 32.4 Å². The van der Waals surface area contributed by atoms with Crippen molar-refractivity contribution < 1.29 is 38.2 Å². The van der Waals surface area contributed by atoms with E-state index >= 15 is 0 Å². The Morgan fingerprint density at radius 1 is 1.06 bits per heavy atom. The highest BCUT2D eigenvalue weighted by atomic mass is 16.6. The van der Waals surface area contributed by atoms with Crippen LogP contribution in [-0.4, -0.2) is 47.8 Å². The van der Waals surface area contributed by atoms with Crippen LogP contribution in [0.25, 0.3) is 0 Å². The largest absolute Gasteiger partial charge is 0.462 e. The minimum atomic E-state index is -1.49. The van der Waals surface area contributed by atoms with Crippen molar-refractivity contribution in [2.45, 2.75) is 78.9 Å². The van der Waals surface area contributed by atoms with Crippen molar-refractivity contribution >= 4 is 29.5 Å². The maximum atomic E-state index is 13.6. The van der Waals surface area contributed by atoms with Gasteiger partial charge in [0.2, 0.25) is 5.78 Å². The molecule has 0 aromatic carbocycles. The van der Waals surface area contributed by atoms with E-state index in [9.17, 15) is 24.0 Å². The minimum absolute atomic E-state index is 0.00166. The second kappa shape index (κ2) is 8.96. The summed E-state index contributed by atoms with van der Waals surface area (Å²) in [5.74, 6) is -2.00. The van der Waals surface area contributed by atoms with Crippen LogP contribution in [0.15, 0.2) is 23.8 Å². The Bertz CT molecular complexity index is 1070. The zero-order valence-electron chi connectivity index (χ0n) is 21.9. The monoisotopic (exact) mass is 500 g/mol. The van der Waals surface area contributed by atoms with Gasteiger partial charge in [0.1, 0.15) is 6.10 Å². The number of fused-ring (bicyclic) bond motifs is 5. The molecule has 8 heteroatoms. The Morgan fingerprint density at radius 2 is 1.75 bits per heavy atom. The average Bonchev–Trinajstić information content (AvgIpc) is 3.05. The van der Waals surface area contributed by atoms with E-state index in [1.54, 1.807) is 12.2 Å². The number of ether oxygens (including phenoxy) is 3. The summed E-state index contributed by atoms with van der Waals surface area (Å²) in [6, 6.07) is 0. The van der Waals surface area contributed by atoms with E-state index in [4.69, 9.17) is 14.2 Å². The molecule has 3 fully saturated rings. The molecule has 8 unspecified atom stereocenters. The third-order valence-electron chi connectivity index (χ3n) is 9.41. The SMILES string of the molecule is CC(=O)OCC(=O)C1(OC(C)=O)CCC2C3CC(C)C4=CC(=O)C=CC4(C)C3C(OC(C)=O)CC21C. The molecule has 4 aliphatic carbocycles. The van der Waals surface area contributed by atoms with Crippen LogP contribution in [0, 0.1) is 34.5 Å². The van der Waals surface area contributed by atoms with Crippen molar-refractivity contribution in [2.24, 2.45) is 34.5 Å². The van der Waals surface area contributed by atoms with Crippen LogP contribution >= 0.6 is 0 Å². The Balaban J connectivity index is 1.83. The molecule has 8 atom stereocenters. The van der Waals surface area contributed by atoms with Crippen molar-refractivity contribution in [1.82, 2.24) is 0 Å². The van der Waals surface area contributed by atoms with Crippen LogP contribution in [0.1, 0.15) is 67.2 Å². The number of carbonyl (C=O) groups excluding carboxylic acids is 5. The number of hydrogen-bond acceptors (Lipinski definition) is 8. The minimum Gasteiger partial charge on any atom is -0.462 e. The number of Topliss-reactive ketones (excluding diaryl/α,β-unsaturated/α-hetero) is 1. The molecule has 0 radical (unpaired) electrons. The van der Waals surface area contributed by atoms with Gasteiger partial charge in [0.05, 0.1) is 0 Å². The predicted octanol–water partition coefficient (Wildman–Crippen LogP) is 3.52. The standard InChI is InChI=1S/C28H36O8/c1-15-11-20-21-8-10-28(36-18(4)31,24(33)14-34-16(2)29)27(21,6)13-23(35-17(3)30)25(20)26(5)9-7-19(32)12-22(15)26/h7,9,12,15,20-21,23,25H,8,10-11,13-14H2,1-6H3. The fourth-order valence-electron chi connectivity index (χ4n) is 8.24. The summed E-state index contributed by atoms with van der Waals surface area (Å²) in [7, 11) is 0. The lowest BCUT2D eigenvalue weighted by Crippen LogP contribution is -2.64. The molecule has 0 saturated heterocycles. The third kappa shape index (κ3) is 3.93. The Kier molecular flexibility index (Phi) is 6.55. The third-order valence-corrected chi connectivity index (χ3v) is 9.41. The van der Waals surface area contributed by atoms with E-state index in [-0.39, 0.29) is 29.5 Å². The number of allylic oxidation sites excluding steroid dienone is 4. The fourth-order valence-corrected chi connectivity index (χ4v) is 8.24. The summed E-state index contributed by atoms with van der Waals surface area (Å²) in [5, 5.41) is 0. The first-order valence-corrected chi connectivity index (χ1v) is 12.7. The zero-order valence-corrected chi connectivity index (χ0v) is 21.9. The lowest BCUT2D eigenvalue weighted by molar-refractivity contribution is -0.206. The van der Waals surface area contributed by atoms with Gasteiger partial charge in [0.15, 0.2) is 18.0 Å². The number of hydrogen-bond donors (Lipinski definition) is 0. The van der Waals surface area contributed by atoms with E-state index in [1.165, 1.54) is 20.8 Å². The Labute approximate surface area is 211 Å². The van der Waals surface area contributed by atoms with Crippen LogP contribution in [0.4, 0.5) is 0 Å². The quantitative estimate of drug-likeness (QED) is 0.416. The number of rotatable bonds is 5. The van der Waals surface area contributed by atoms with Gasteiger partial charge in [-0.05, 0) is 55.6 Å². The highest BCUT2D eigenvalue weighted by Gasteiger charge is 2.71. The van der Waals surface area contributed by atoms with Crippen molar-refractivity contribution in [3.05, 3.63) is 23.8 Å². The zero-order chi connectivity index (χ0) is 26.6. The molecule has 4 aliphatic rings. The molecule has 0 aromatic heterocycles. The first kappa shape index (κ1) is 26.3. The normalized spacial score (nSPS) is 40.8. The lowest BCUT2D eigenvalue weighted by atomic mass is 9.44. The van der Waals surface area contributed by atoms with E-state index in [2.05, 4.69) is 13.8 Å². The highest BCUT2D eigenvalue weighted by Crippen LogP contribution is 2.69. The van der Waals surface area contributed by atoms with E-state index in [0.29, 0.717) is 19.3 Å². The predicted molar refractivity (Wildman–Crippen MR) is 128 cm³/mol. The van der Waals surface area contributed by atoms with Gasteiger partial charge in [-0.3, -0.25) is 24.0 Å². The molecule has 0 amide bonds. The van der Waals surface area contributed by atoms with Crippen molar-refractivity contribution in [2.75, 3.05) is 6.61 Å². The molecule has 0 spiro atoms. The highest BCUT2D eigenvalue weighted by molar-refractivity contribution is 6.01. The van der Waals surface area contributed by atoms with Gasteiger partial charge in [0.25, 0.3) is 0 Å². The van der Waals surface area contributed by atoms with Crippen LogP contribution in [0.3, 0.4) is 0 Å². The smallest absolute Gasteiger partial charge is 0.303 e. The van der Waals surface area contributed by atoms with E-state index in [1.807, 2.05) is 13.0 Å². The second-order valence-electron chi connectivity index (χ2n) is 11.5. The van der Waals surface area contributed by atoms with Gasteiger partial charge in [-0.25, -0.2) is 0 Å². The topological polar surface area (TPSA) is 113 Å². The molecule has 0 aromatic rings. The van der Waals surface area contributed by atoms with Crippen molar-refractivity contribution in [3.8, 4) is 0 Å². The summed E-state index contributed by atoms with van der Waals surface area (Å²) in [4.78, 5) is 62.0. The summed E-state index contributed by atoms with van der Waals surface area (Å²) < 4.78 is 16.9. The molecule has 0 N–H and O–H groups in total. The molecular formula is C28H36O8. The molecule has 0 bridgehead atoms. The summed E-state index contributed by atoms with van der Waals surface area (Å²) in [6.07, 6.45) is 6.76. The molecule has 0 heterocycles. The molecule has 0 aliphatic heterocycles. The molecule has 8 nitrogen and oxygen atoms in total. The second-order valence-corrected chi connectivity index (χ2v) is 11.5. The van der Waals surface area contributed by atoms with Gasteiger partial charge in [-0.2, -0.15) is 0 Å². The number of ketones is 2. The number of esters is 3. The van der Waals surface area contributed by atoms with Crippen molar-refractivity contribution in [3.63, 3.8) is 0 Å². The maximum absolute atomic E-state index is 13.6. The molecule has 4 rings (SSSR count). The van der Waals surface area contributed by atoms with Gasteiger partial charge in [-0.15, -0.1) is 0 Å². The van der Waals surface area contributed by atoms with Crippen LogP contribution in [0.2, 0.25) is 0 Å². The Hall–Kier alpha value is -2.77. The first-order valence-electron chi connectivity index (χ1n) is 12.7. The molecule has 196 valence electrons. The molecule has 3 saturated carbocycles. The molecule has 36 heavy (non-hydrogen) atoms. The fraction of sp³-hybridized carbons (Fsp3) is 0.679. The first-order chi connectivity index (χ1) is 16.7. The van der Waals surface area contributed by atoms with Crippen LogP contribution in [0.5, 0.6) is 0 Å². The van der Waals surface area contributed by atoms with Gasteiger partial charge in [0, 0.05) is 37.5 Å². The maximum Gasteiger partial charge on any atom is 0.303 e. The average molecular weight is 501 g/mol.